The zero-order valence-electron chi connectivity index (χ0n) is 24.1. The molecule has 0 saturated heterocycles. The molecule has 8 heteroatoms. The average Bonchev–Trinajstić information content (AvgIpc) is 3.02. The summed E-state index contributed by atoms with van der Waals surface area (Å²) in [5.74, 6) is -1.30. The van der Waals surface area contributed by atoms with Crippen molar-refractivity contribution in [2.75, 3.05) is 21.3 Å². The fourth-order valence-electron chi connectivity index (χ4n) is 5.83. The van der Waals surface area contributed by atoms with Crippen molar-refractivity contribution in [3.05, 3.63) is 106 Å². The minimum atomic E-state index is -0.794. The molecular formula is C34H33NO7. The van der Waals surface area contributed by atoms with Crippen molar-refractivity contribution in [3.63, 3.8) is 0 Å². The van der Waals surface area contributed by atoms with E-state index in [0.29, 0.717) is 40.5 Å². The van der Waals surface area contributed by atoms with Gasteiger partial charge in [-0.1, -0.05) is 48.5 Å². The van der Waals surface area contributed by atoms with Crippen LogP contribution in [-0.4, -0.2) is 44.8 Å². The van der Waals surface area contributed by atoms with Gasteiger partial charge in [0, 0.05) is 29.3 Å². The van der Waals surface area contributed by atoms with Crippen molar-refractivity contribution in [1.29, 1.82) is 0 Å². The van der Waals surface area contributed by atoms with Gasteiger partial charge in [0.1, 0.15) is 12.5 Å². The lowest BCUT2D eigenvalue weighted by Gasteiger charge is -2.36. The van der Waals surface area contributed by atoms with Gasteiger partial charge in [-0.3, -0.25) is 14.6 Å². The molecule has 1 unspecified atom stereocenters. The van der Waals surface area contributed by atoms with Gasteiger partial charge in [-0.2, -0.15) is 0 Å². The van der Waals surface area contributed by atoms with Crippen LogP contribution >= 0.6 is 0 Å². The highest BCUT2D eigenvalue weighted by molar-refractivity contribution is 6.09. The molecule has 8 nitrogen and oxygen atoms in total. The molecular weight excluding hydrogens is 534 g/mol. The van der Waals surface area contributed by atoms with E-state index in [1.807, 2.05) is 48.5 Å². The van der Waals surface area contributed by atoms with E-state index in [9.17, 15) is 14.4 Å². The summed E-state index contributed by atoms with van der Waals surface area (Å²) in [6.07, 6.45) is 0.780. The maximum Gasteiger partial charge on any atom is 0.337 e. The highest BCUT2D eigenvalue weighted by Crippen LogP contribution is 2.47. The van der Waals surface area contributed by atoms with Crippen LogP contribution in [0.25, 0.3) is 0 Å². The molecule has 0 amide bonds. The molecule has 3 aromatic carbocycles. The van der Waals surface area contributed by atoms with E-state index in [2.05, 4.69) is 0 Å². The minimum absolute atomic E-state index is 0.0739. The Labute approximate surface area is 245 Å². The van der Waals surface area contributed by atoms with Crippen LogP contribution in [0.4, 0.5) is 0 Å². The smallest absolute Gasteiger partial charge is 0.337 e. The summed E-state index contributed by atoms with van der Waals surface area (Å²) in [6, 6.07) is 21.9. The summed E-state index contributed by atoms with van der Waals surface area (Å²) in [5, 5.41) is 0. The second kappa shape index (κ2) is 12.4. The van der Waals surface area contributed by atoms with Crippen molar-refractivity contribution >= 4 is 23.4 Å². The quantitative estimate of drug-likeness (QED) is 0.317. The summed E-state index contributed by atoms with van der Waals surface area (Å²) in [5.41, 5.74) is 4.68. The maximum absolute atomic E-state index is 13.9. The predicted octanol–water partition coefficient (Wildman–Crippen LogP) is 5.81. The van der Waals surface area contributed by atoms with Gasteiger partial charge in [0.2, 0.25) is 0 Å². The standard InChI is InChI=1S/C34H33NO7/c1-20-30(34(38)42-19-21-8-6-5-7-9-21)31(22-10-12-23(13-11-22)33(37)41-4)32-26(35-20)16-25(17-27(32)36)24-14-15-28(39-2)29(18-24)40-3/h5-15,18,25,30-31H,16-17,19H2,1-4H3/t25-,30?,31-/m1/s1. The van der Waals surface area contributed by atoms with Crippen molar-refractivity contribution in [3.8, 4) is 11.5 Å². The second-order valence-corrected chi connectivity index (χ2v) is 10.4. The van der Waals surface area contributed by atoms with Gasteiger partial charge < -0.3 is 18.9 Å². The van der Waals surface area contributed by atoms with Crippen LogP contribution in [0.15, 0.2) is 89.1 Å². The highest BCUT2D eigenvalue weighted by Gasteiger charge is 2.45. The molecule has 0 N–H and O–H groups in total. The summed E-state index contributed by atoms with van der Waals surface area (Å²) >= 11 is 0. The first-order chi connectivity index (χ1) is 20.3. The predicted molar refractivity (Wildman–Crippen MR) is 157 cm³/mol. The minimum Gasteiger partial charge on any atom is -0.493 e. The van der Waals surface area contributed by atoms with Crippen molar-refractivity contribution in [1.82, 2.24) is 0 Å². The zero-order valence-corrected chi connectivity index (χ0v) is 24.1. The fourth-order valence-corrected chi connectivity index (χ4v) is 5.83. The number of hydrogen-bond acceptors (Lipinski definition) is 8. The Kier molecular flexibility index (Phi) is 8.52. The third-order valence-electron chi connectivity index (χ3n) is 7.94. The van der Waals surface area contributed by atoms with Gasteiger partial charge in [-0.05, 0) is 60.2 Å². The first kappa shape index (κ1) is 28.8. The summed E-state index contributed by atoms with van der Waals surface area (Å²) < 4.78 is 21.5. The van der Waals surface area contributed by atoms with E-state index in [4.69, 9.17) is 23.9 Å². The molecule has 3 atom stereocenters. The third-order valence-corrected chi connectivity index (χ3v) is 7.94. The molecule has 5 rings (SSSR count). The topological polar surface area (TPSA) is 100 Å². The van der Waals surface area contributed by atoms with Gasteiger partial charge in [0.05, 0.1) is 26.9 Å². The SMILES string of the molecule is COC(=O)c1ccc([C@H]2C3=C(C[C@@H](c4ccc(OC)c(OC)c4)CC3=O)N=C(C)C2C(=O)OCc2ccccc2)cc1. The number of hydrogen-bond donors (Lipinski definition) is 0. The number of carbonyl (C=O) groups excluding carboxylic acids is 3. The first-order valence-electron chi connectivity index (χ1n) is 13.8. The molecule has 1 heterocycles. The van der Waals surface area contributed by atoms with E-state index in [-0.39, 0.29) is 24.7 Å². The Hall–Kier alpha value is -4.72. The Morgan fingerprint density at radius 3 is 2.21 bits per heavy atom. The van der Waals surface area contributed by atoms with Crippen LogP contribution in [0.1, 0.15) is 58.6 Å². The Balaban J connectivity index is 1.52. The van der Waals surface area contributed by atoms with Crippen LogP contribution in [-0.2, 0) is 25.7 Å². The molecule has 0 aromatic heterocycles. The van der Waals surface area contributed by atoms with E-state index in [1.54, 1.807) is 45.4 Å². The second-order valence-electron chi connectivity index (χ2n) is 10.4. The molecule has 2 aliphatic rings. The lowest BCUT2D eigenvalue weighted by molar-refractivity contribution is -0.148. The molecule has 1 aliphatic heterocycles. The average molecular weight is 568 g/mol. The van der Waals surface area contributed by atoms with Gasteiger partial charge in [0.15, 0.2) is 17.3 Å². The van der Waals surface area contributed by atoms with Crippen LogP contribution in [0.5, 0.6) is 11.5 Å². The van der Waals surface area contributed by atoms with E-state index in [1.165, 1.54) is 7.11 Å². The molecule has 0 radical (unpaired) electrons. The number of rotatable bonds is 8. The van der Waals surface area contributed by atoms with E-state index in [0.717, 1.165) is 16.7 Å². The number of methoxy groups -OCH3 is 3. The Bertz CT molecular complexity index is 1560. The van der Waals surface area contributed by atoms with Crippen molar-refractivity contribution < 1.29 is 33.3 Å². The summed E-state index contributed by atoms with van der Waals surface area (Å²) in [7, 11) is 4.48. The monoisotopic (exact) mass is 567 g/mol. The number of ether oxygens (including phenoxy) is 4. The van der Waals surface area contributed by atoms with Crippen LogP contribution in [0.2, 0.25) is 0 Å². The summed E-state index contributed by atoms with van der Waals surface area (Å²) in [4.78, 5) is 44.5. The number of allylic oxidation sites excluding steroid dienone is 2. The van der Waals surface area contributed by atoms with E-state index >= 15 is 0 Å². The van der Waals surface area contributed by atoms with Gasteiger partial charge in [0.25, 0.3) is 0 Å². The number of esters is 2. The van der Waals surface area contributed by atoms with Crippen molar-refractivity contribution in [2.24, 2.45) is 10.9 Å². The molecule has 0 saturated carbocycles. The van der Waals surface area contributed by atoms with Crippen LogP contribution in [0.3, 0.4) is 0 Å². The van der Waals surface area contributed by atoms with Crippen molar-refractivity contribution in [2.45, 2.75) is 38.2 Å². The number of nitrogens with zero attached hydrogens (tertiary/aromatic N) is 1. The maximum atomic E-state index is 13.9. The van der Waals surface area contributed by atoms with E-state index < -0.39 is 23.8 Å². The Morgan fingerprint density at radius 1 is 0.857 bits per heavy atom. The number of benzene rings is 3. The molecule has 0 fully saturated rings. The third kappa shape index (κ3) is 5.70. The largest absolute Gasteiger partial charge is 0.493 e. The molecule has 1 aliphatic carbocycles. The first-order valence-corrected chi connectivity index (χ1v) is 13.8. The lowest BCUT2D eigenvalue weighted by atomic mass is 9.69. The van der Waals surface area contributed by atoms with Crippen LogP contribution in [0, 0.1) is 5.92 Å². The fraction of sp³-hybridized carbons (Fsp3) is 0.294. The number of aliphatic imine (C=N–C) groups is 1. The highest BCUT2D eigenvalue weighted by atomic mass is 16.5. The van der Waals surface area contributed by atoms with Gasteiger partial charge in [-0.15, -0.1) is 0 Å². The van der Waals surface area contributed by atoms with Gasteiger partial charge >= 0.3 is 11.9 Å². The molecule has 0 spiro atoms. The molecule has 42 heavy (non-hydrogen) atoms. The number of carbonyl (C=O) groups is 3. The summed E-state index contributed by atoms with van der Waals surface area (Å²) in [6.45, 7) is 1.91. The Morgan fingerprint density at radius 2 is 1.55 bits per heavy atom. The molecule has 0 bridgehead atoms. The van der Waals surface area contributed by atoms with Crippen LogP contribution < -0.4 is 9.47 Å². The normalized spacial score (nSPS) is 19.9. The molecule has 3 aromatic rings. The number of Topliss-reactive ketones (excluding diaryl/α,β-unsaturated/α-hetero) is 1. The molecule has 216 valence electrons. The van der Waals surface area contributed by atoms with Gasteiger partial charge in [-0.25, -0.2) is 4.79 Å². The zero-order chi connectivity index (χ0) is 29.8. The number of ketones is 1. The lowest BCUT2D eigenvalue weighted by Crippen LogP contribution is -2.38.